The Hall–Kier alpha value is -2.48. The van der Waals surface area contributed by atoms with Gasteiger partial charge in [0.1, 0.15) is 6.33 Å². The Kier molecular flexibility index (Phi) is 5.42. The third-order valence-electron chi connectivity index (χ3n) is 3.39. The predicted octanol–water partition coefficient (Wildman–Crippen LogP) is 2.08. The number of hydrogen-bond acceptors (Lipinski definition) is 5. The zero-order valence-corrected chi connectivity index (χ0v) is 15.5. The van der Waals surface area contributed by atoms with E-state index in [0.717, 1.165) is 17.5 Å². The van der Waals surface area contributed by atoms with Crippen LogP contribution in [-0.4, -0.2) is 30.5 Å². The largest absolute Gasteiger partial charge is 0.348 e. The highest BCUT2D eigenvalue weighted by Gasteiger charge is 2.20. The Morgan fingerprint density at radius 1 is 1.16 bits per heavy atom. The van der Waals surface area contributed by atoms with Crippen LogP contribution in [0.25, 0.3) is 0 Å². The van der Waals surface area contributed by atoms with Crippen molar-refractivity contribution >= 4 is 21.6 Å². The van der Waals surface area contributed by atoms with E-state index in [1.165, 1.54) is 6.33 Å². The molecule has 0 saturated carbocycles. The minimum Gasteiger partial charge on any atom is -0.348 e. The summed E-state index contributed by atoms with van der Waals surface area (Å²) in [6.07, 6.45) is 4.27. The summed E-state index contributed by atoms with van der Waals surface area (Å²) in [5.41, 5.74) is 2.44. The molecule has 0 unspecified atom stereocenters. The first-order valence-corrected chi connectivity index (χ1v) is 9.61. The number of anilines is 1. The van der Waals surface area contributed by atoms with Crippen LogP contribution in [0, 0.1) is 0 Å². The van der Waals surface area contributed by atoms with Crippen LogP contribution in [0.4, 0.5) is 5.69 Å². The van der Waals surface area contributed by atoms with Gasteiger partial charge in [0.15, 0.2) is 0 Å². The number of benzene rings is 1. The molecule has 0 saturated heterocycles. The first kappa shape index (κ1) is 18.9. The Morgan fingerprint density at radius 3 is 2.36 bits per heavy atom. The fourth-order valence-corrected chi connectivity index (χ4v) is 2.91. The topological polar surface area (TPSA) is 101 Å². The lowest BCUT2D eigenvalue weighted by Gasteiger charge is -2.21. The van der Waals surface area contributed by atoms with Gasteiger partial charge in [-0.3, -0.25) is 9.52 Å². The lowest BCUT2D eigenvalue weighted by Crippen LogP contribution is -2.26. The third-order valence-corrected chi connectivity index (χ3v) is 3.99. The van der Waals surface area contributed by atoms with Crippen molar-refractivity contribution in [3.8, 4) is 0 Å². The summed E-state index contributed by atoms with van der Waals surface area (Å²) in [6.45, 7) is 6.46. The van der Waals surface area contributed by atoms with E-state index in [4.69, 9.17) is 0 Å². The van der Waals surface area contributed by atoms with Crippen molar-refractivity contribution in [1.29, 1.82) is 0 Å². The summed E-state index contributed by atoms with van der Waals surface area (Å²) < 4.78 is 24.7. The lowest BCUT2D eigenvalue weighted by atomic mass is 9.89. The standard InChI is InChI=1S/C17H22N4O3S/c1-17(2,3)15-13(9-18-11-20-15)10-19-16(22)12-5-7-14(8-6-12)21-25(4,23)24/h5-9,11,21H,10H2,1-4H3,(H,19,22). The van der Waals surface area contributed by atoms with Crippen LogP contribution < -0.4 is 10.0 Å². The molecule has 0 radical (unpaired) electrons. The minimum absolute atomic E-state index is 0.151. The maximum atomic E-state index is 12.3. The summed E-state index contributed by atoms with van der Waals surface area (Å²) in [5, 5.41) is 2.84. The van der Waals surface area contributed by atoms with Gasteiger partial charge in [-0.05, 0) is 24.3 Å². The van der Waals surface area contributed by atoms with Gasteiger partial charge in [-0.1, -0.05) is 20.8 Å². The summed E-state index contributed by atoms with van der Waals surface area (Å²) in [6, 6.07) is 6.22. The zero-order valence-electron chi connectivity index (χ0n) is 14.7. The van der Waals surface area contributed by atoms with Crippen molar-refractivity contribution in [1.82, 2.24) is 15.3 Å². The second-order valence-corrected chi connectivity index (χ2v) is 8.53. The second kappa shape index (κ2) is 7.18. The van der Waals surface area contributed by atoms with Gasteiger partial charge in [-0.2, -0.15) is 0 Å². The maximum absolute atomic E-state index is 12.3. The number of hydrogen-bond donors (Lipinski definition) is 2. The number of nitrogens with one attached hydrogen (secondary N) is 2. The van der Waals surface area contributed by atoms with Crippen LogP contribution in [0.1, 0.15) is 42.4 Å². The van der Waals surface area contributed by atoms with E-state index in [1.807, 2.05) is 20.8 Å². The number of rotatable bonds is 5. The highest BCUT2D eigenvalue weighted by molar-refractivity contribution is 7.92. The number of amides is 1. The SMILES string of the molecule is CC(C)(C)c1ncncc1CNC(=O)c1ccc(NS(C)(=O)=O)cc1. The second-order valence-electron chi connectivity index (χ2n) is 6.78. The molecule has 2 N–H and O–H groups in total. The average molecular weight is 362 g/mol. The van der Waals surface area contributed by atoms with Crippen molar-refractivity contribution in [2.75, 3.05) is 11.0 Å². The van der Waals surface area contributed by atoms with E-state index < -0.39 is 10.0 Å². The molecule has 2 rings (SSSR count). The quantitative estimate of drug-likeness (QED) is 0.848. The number of aromatic nitrogens is 2. The summed E-state index contributed by atoms with van der Waals surface area (Å²) >= 11 is 0. The summed E-state index contributed by atoms with van der Waals surface area (Å²) in [5.74, 6) is -0.255. The summed E-state index contributed by atoms with van der Waals surface area (Å²) in [7, 11) is -3.34. The molecule has 1 aromatic heterocycles. The third kappa shape index (κ3) is 5.53. The van der Waals surface area contributed by atoms with Gasteiger partial charge in [0, 0.05) is 35.0 Å². The molecule has 1 amide bonds. The molecule has 7 nitrogen and oxygen atoms in total. The minimum atomic E-state index is -3.34. The van der Waals surface area contributed by atoms with Gasteiger partial charge in [0.2, 0.25) is 10.0 Å². The highest BCUT2D eigenvalue weighted by Crippen LogP contribution is 2.22. The Bertz CT molecular complexity index is 856. The number of nitrogens with zero attached hydrogens (tertiary/aromatic N) is 2. The Balaban J connectivity index is 2.06. The van der Waals surface area contributed by atoms with E-state index in [-0.39, 0.29) is 11.3 Å². The molecule has 0 fully saturated rings. The van der Waals surface area contributed by atoms with Crippen LogP contribution in [0.5, 0.6) is 0 Å². The fraction of sp³-hybridized carbons (Fsp3) is 0.353. The molecule has 2 aromatic rings. The first-order valence-electron chi connectivity index (χ1n) is 7.72. The van der Waals surface area contributed by atoms with Gasteiger partial charge in [0.05, 0.1) is 11.9 Å². The van der Waals surface area contributed by atoms with E-state index in [1.54, 1.807) is 30.5 Å². The molecule has 134 valence electrons. The highest BCUT2D eigenvalue weighted by atomic mass is 32.2. The van der Waals surface area contributed by atoms with Gasteiger partial charge < -0.3 is 5.32 Å². The molecular formula is C17H22N4O3S. The molecule has 0 bridgehead atoms. The zero-order chi connectivity index (χ0) is 18.7. The van der Waals surface area contributed by atoms with Crippen LogP contribution in [-0.2, 0) is 22.0 Å². The van der Waals surface area contributed by atoms with Crippen LogP contribution in [0.3, 0.4) is 0 Å². The lowest BCUT2D eigenvalue weighted by molar-refractivity contribution is 0.0950. The van der Waals surface area contributed by atoms with Crippen molar-refractivity contribution in [2.24, 2.45) is 0 Å². The van der Waals surface area contributed by atoms with E-state index in [0.29, 0.717) is 17.8 Å². The van der Waals surface area contributed by atoms with E-state index in [2.05, 4.69) is 20.0 Å². The first-order chi connectivity index (χ1) is 11.6. The molecule has 0 aliphatic heterocycles. The Morgan fingerprint density at radius 2 is 1.80 bits per heavy atom. The number of carbonyl (C=O) groups excluding carboxylic acids is 1. The predicted molar refractivity (Wildman–Crippen MR) is 96.8 cm³/mol. The molecule has 0 aliphatic rings. The molecule has 25 heavy (non-hydrogen) atoms. The molecule has 0 aliphatic carbocycles. The smallest absolute Gasteiger partial charge is 0.251 e. The van der Waals surface area contributed by atoms with Gasteiger partial charge >= 0.3 is 0 Å². The van der Waals surface area contributed by atoms with Gasteiger partial charge in [-0.15, -0.1) is 0 Å². The van der Waals surface area contributed by atoms with Crippen LogP contribution in [0.15, 0.2) is 36.8 Å². The molecular weight excluding hydrogens is 340 g/mol. The molecule has 1 aromatic carbocycles. The molecule has 8 heteroatoms. The maximum Gasteiger partial charge on any atom is 0.251 e. The number of carbonyl (C=O) groups is 1. The molecule has 0 spiro atoms. The molecule has 1 heterocycles. The normalized spacial score (nSPS) is 11.8. The average Bonchev–Trinajstić information content (AvgIpc) is 2.51. The number of sulfonamides is 1. The van der Waals surface area contributed by atoms with Gasteiger partial charge in [-0.25, -0.2) is 18.4 Å². The Labute approximate surface area is 148 Å². The summed E-state index contributed by atoms with van der Waals surface area (Å²) in [4.78, 5) is 20.6. The van der Waals surface area contributed by atoms with Crippen molar-refractivity contribution in [3.63, 3.8) is 0 Å². The van der Waals surface area contributed by atoms with Crippen molar-refractivity contribution in [3.05, 3.63) is 53.6 Å². The van der Waals surface area contributed by atoms with Crippen LogP contribution in [0.2, 0.25) is 0 Å². The van der Waals surface area contributed by atoms with E-state index in [9.17, 15) is 13.2 Å². The van der Waals surface area contributed by atoms with Crippen LogP contribution >= 0.6 is 0 Å². The van der Waals surface area contributed by atoms with Gasteiger partial charge in [0.25, 0.3) is 5.91 Å². The van der Waals surface area contributed by atoms with Crippen molar-refractivity contribution < 1.29 is 13.2 Å². The van der Waals surface area contributed by atoms with E-state index >= 15 is 0 Å². The monoisotopic (exact) mass is 362 g/mol. The van der Waals surface area contributed by atoms with Crippen molar-refractivity contribution in [2.45, 2.75) is 32.7 Å². The molecule has 0 atom stereocenters. The fourth-order valence-electron chi connectivity index (χ4n) is 2.34.